The number of aromatic nitrogens is 2. The number of hydrogen-bond donors (Lipinski definition) is 2. The van der Waals surface area contributed by atoms with Gasteiger partial charge in [0, 0.05) is 32.1 Å². The Hall–Kier alpha value is -1.41. The lowest BCUT2D eigenvalue weighted by Crippen LogP contribution is -2.43. The standard InChI is InChI=1S/C10H12F3N3O2/c11-10(12,13)8(17)5-16-2-1-7-6(4-16)3-9(18)15-14-7/h3,8,17H,1-2,4-5H2,(H,15,18). The lowest BCUT2D eigenvalue weighted by atomic mass is 10.1. The molecule has 0 saturated heterocycles. The van der Waals surface area contributed by atoms with Crippen molar-refractivity contribution in [2.45, 2.75) is 25.2 Å². The van der Waals surface area contributed by atoms with Crippen LogP contribution in [0.5, 0.6) is 0 Å². The first-order valence-corrected chi connectivity index (χ1v) is 5.41. The van der Waals surface area contributed by atoms with Crippen molar-refractivity contribution in [3.8, 4) is 0 Å². The van der Waals surface area contributed by atoms with Gasteiger partial charge in [0.25, 0.3) is 5.56 Å². The van der Waals surface area contributed by atoms with Crippen molar-refractivity contribution < 1.29 is 18.3 Å². The number of aliphatic hydroxyl groups is 1. The zero-order valence-electron chi connectivity index (χ0n) is 9.37. The first-order chi connectivity index (χ1) is 8.36. The average Bonchev–Trinajstić information content (AvgIpc) is 2.27. The monoisotopic (exact) mass is 263 g/mol. The van der Waals surface area contributed by atoms with E-state index in [2.05, 4.69) is 10.2 Å². The van der Waals surface area contributed by atoms with Gasteiger partial charge in [-0.05, 0) is 5.56 Å². The molecule has 0 fully saturated rings. The lowest BCUT2D eigenvalue weighted by molar-refractivity contribution is -0.208. The lowest BCUT2D eigenvalue weighted by Gasteiger charge is -2.29. The zero-order chi connectivity index (χ0) is 13.3. The van der Waals surface area contributed by atoms with Crippen LogP contribution in [0.2, 0.25) is 0 Å². The van der Waals surface area contributed by atoms with Crippen LogP contribution in [0.1, 0.15) is 11.3 Å². The molecule has 1 aromatic rings. The largest absolute Gasteiger partial charge is 0.415 e. The maximum Gasteiger partial charge on any atom is 0.415 e. The summed E-state index contributed by atoms with van der Waals surface area (Å²) in [6, 6.07) is 1.33. The van der Waals surface area contributed by atoms with Crippen molar-refractivity contribution in [2.75, 3.05) is 13.1 Å². The van der Waals surface area contributed by atoms with Crippen LogP contribution in [-0.2, 0) is 13.0 Å². The van der Waals surface area contributed by atoms with Gasteiger partial charge in [-0.3, -0.25) is 9.69 Å². The van der Waals surface area contributed by atoms with E-state index in [9.17, 15) is 18.0 Å². The van der Waals surface area contributed by atoms with Gasteiger partial charge in [0.15, 0.2) is 6.10 Å². The minimum atomic E-state index is -4.62. The number of halogens is 3. The molecule has 0 radical (unpaired) electrons. The van der Waals surface area contributed by atoms with E-state index in [1.54, 1.807) is 0 Å². The summed E-state index contributed by atoms with van der Waals surface area (Å²) < 4.78 is 36.7. The summed E-state index contributed by atoms with van der Waals surface area (Å²) in [4.78, 5) is 12.5. The number of aromatic amines is 1. The summed E-state index contributed by atoms with van der Waals surface area (Å²) in [5.41, 5.74) is 0.915. The quantitative estimate of drug-likeness (QED) is 0.791. The third kappa shape index (κ3) is 2.88. The molecule has 100 valence electrons. The maximum atomic E-state index is 12.2. The summed E-state index contributed by atoms with van der Waals surface area (Å²) >= 11 is 0. The molecule has 0 spiro atoms. The Bertz CT molecular complexity index is 486. The van der Waals surface area contributed by atoms with Crippen molar-refractivity contribution in [3.63, 3.8) is 0 Å². The highest BCUT2D eigenvalue weighted by molar-refractivity contribution is 5.20. The highest BCUT2D eigenvalue weighted by atomic mass is 19.4. The van der Waals surface area contributed by atoms with E-state index in [1.807, 2.05) is 0 Å². The van der Waals surface area contributed by atoms with E-state index in [0.29, 0.717) is 24.2 Å². The molecule has 0 aliphatic carbocycles. The molecule has 1 atom stereocenters. The molecule has 1 aliphatic rings. The Balaban J connectivity index is 2.06. The number of H-pyrrole nitrogens is 1. The Labute approximate surface area is 100 Å². The third-order valence-electron chi connectivity index (χ3n) is 2.84. The van der Waals surface area contributed by atoms with Crippen molar-refractivity contribution in [1.82, 2.24) is 15.1 Å². The Kier molecular flexibility index (Phi) is 3.40. The molecule has 0 amide bonds. The topological polar surface area (TPSA) is 69.2 Å². The predicted molar refractivity (Wildman–Crippen MR) is 55.9 cm³/mol. The molecule has 1 aromatic heterocycles. The van der Waals surface area contributed by atoms with Crippen LogP contribution in [-0.4, -0.2) is 45.6 Å². The highest BCUT2D eigenvalue weighted by Gasteiger charge is 2.39. The minimum Gasteiger partial charge on any atom is -0.382 e. The first kappa shape index (κ1) is 13.0. The molecule has 0 saturated carbocycles. The molecule has 0 bridgehead atoms. The van der Waals surface area contributed by atoms with E-state index < -0.39 is 18.8 Å². The van der Waals surface area contributed by atoms with Gasteiger partial charge in [0.05, 0.1) is 5.69 Å². The number of nitrogens with zero attached hydrogens (tertiary/aromatic N) is 2. The van der Waals surface area contributed by atoms with Crippen LogP contribution in [0, 0.1) is 0 Å². The van der Waals surface area contributed by atoms with Crippen molar-refractivity contribution in [3.05, 3.63) is 27.7 Å². The fourth-order valence-corrected chi connectivity index (χ4v) is 1.91. The zero-order valence-corrected chi connectivity index (χ0v) is 9.37. The van der Waals surface area contributed by atoms with Crippen LogP contribution >= 0.6 is 0 Å². The maximum absolute atomic E-state index is 12.2. The normalized spacial score (nSPS) is 18.4. The summed E-state index contributed by atoms with van der Waals surface area (Å²) in [6.07, 6.45) is -6.53. The average molecular weight is 263 g/mol. The molecule has 1 unspecified atom stereocenters. The second-order valence-electron chi connectivity index (χ2n) is 4.25. The third-order valence-corrected chi connectivity index (χ3v) is 2.84. The predicted octanol–water partition coefficient (Wildman–Crippen LogP) is 0.0512. The number of fused-ring (bicyclic) bond motifs is 1. The van der Waals surface area contributed by atoms with E-state index >= 15 is 0 Å². The van der Waals surface area contributed by atoms with E-state index in [-0.39, 0.29) is 12.1 Å². The second kappa shape index (κ2) is 4.69. The van der Waals surface area contributed by atoms with Gasteiger partial charge in [0.2, 0.25) is 0 Å². The number of alkyl halides is 3. The fourth-order valence-electron chi connectivity index (χ4n) is 1.91. The van der Waals surface area contributed by atoms with E-state index in [4.69, 9.17) is 5.11 Å². The summed E-state index contributed by atoms with van der Waals surface area (Å²) in [5, 5.41) is 15.1. The first-order valence-electron chi connectivity index (χ1n) is 5.41. The number of aliphatic hydroxyl groups excluding tert-OH is 1. The Morgan fingerprint density at radius 2 is 2.28 bits per heavy atom. The summed E-state index contributed by atoms with van der Waals surface area (Å²) in [5.74, 6) is 0. The minimum absolute atomic E-state index is 0.194. The van der Waals surface area contributed by atoms with Crippen molar-refractivity contribution in [2.24, 2.45) is 0 Å². The van der Waals surface area contributed by atoms with Crippen LogP contribution in [0.3, 0.4) is 0 Å². The smallest absolute Gasteiger partial charge is 0.382 e. The number of β-amino-alcohol motifs (C(OH)–C–C–N with tert-alkyl or cyclic N) is 1. The van der Waals surface area contributed by atoms with Crippen molar-refractivity contribution >= 4 is 0 Å². The van der Waals surface area contributed by atoms with E-state index in [0.717, 1.165) is 0 Å². The van der Waals surface area contributed by atoms with Crippen LogP contribution in [0.15, 0.2) is 10.9 Å². The molecule has 2 N–H and O–H groups in total. The summed E-state index contributed by atoms with van der Waals surface area (Å²) in [6.45, 7) is 0.0777. The van der Waals surface area contributed by atoms with Crippen molar-refractivity contribution in [1.29, 1.82) is 0 Å². The molecule has 0 aromatic carbocycles. The van der Waals surface area contributed by atoms with Gasteiger partial charge in [0.1, 0.15) is 0 Å². The highest BCUT2D eigenvalue weighted by Crippen LogP contribution is 2.22. The number of rotatable bonds is 2. The van der Waals surface area contributed by atoms with Gasteiger partial charge in [-0.15, -0.1) is 0 Å². The molecule has 1 aliphatic heterocycles. The van der Waals surface area contributed by atoms with Gasteiger partial charge < -0.3 is 5.11 Å². The number of nitrogens with one attached hydrogen (secondary N) is 1. The van der Waals surface area contributed by atoms with Crippen LogP contribution < -0.4 is 5.56 Å². The Morgan fingerprint density at radius 1 is 1.56 bits per heavy atom. The molecular formula is C10H12F3N3O2. The van der Waals surface area contributed by atoms with Crippen LogP contribution in [0.4, 0.5) is 13.2 Å². The fraction of sp³-hybridized carbons (Fsp3) is 0.600. The van der Waals surface area contributed by atoms with Gasteiger partial charge in [-0.25, -0.2) is 5.10 Å². The Morgan fingerprint density at radius 3 is 2.94 bits per heavy atom. The second-order valence-corrected chi connectivity index (χ2v) is 4.25. The molecule has 18 heavy (non-hydrogen) atoms. The SMILES string of the molecule is O=c1cc2c(n[nH]1)CCN(CC(O)C(F)(F)F)C2. The molecule has 2 rings (SSSR count). The molecule has 2 heterocycles. The molecule has 5 nitrogen and oxygen atoms in total. The number of hydrogen-bond acceptors (Lipinski definition) is 4. The van der Waals surface area contributed by atoms with Gasteiger partial charge in [-0.1, -0.05) is 0 Å². The summed E-state index contributed by atoms with van der Waals surface area (Å²) in [7, 11) is 0. The van der Waals surface area contributed by atoms with Crippen LogP contribution in [0.25, 0.3) is 0 Å². The van der Waals surface area contributed by atoms with Gasteiger partial charge >= 0.3 is 6.18 Å². The van der Waals surface area contributed by atoms with E-state index in [1.165, 1.54) is 11.0 Å². The van der Waals surface area contributed by atoms with Gasteiger partial charge in [-0.2, -0.15) is 18.3 Å². The molecular weight excluding hydrogens is 251 g/mol. The molecule has 8 heteroatoms.